The molecule has 8 nitrogen and oxygen atoms in total. The maximum atomic E-state index is 12.6. The van der Waals surface area contributed by atoms with Crippen LogP contribution in [-0.4, -0.2) is 47.8 Å². The number of carbonyl (C=O) groups is 2. The van der Waals surface area contributed by atoms with Crippen LogP contribution in [0.5, 0.6) is 5.75 Å². The van der Waals surface area contributed by atoms with Gasteiger partial charge in [-0.05, 0) is 50.8 Å². The number of hydrogen-bond donors (Lipinski definition) is 4. The number of ether oxygens (including phenoxy) is 2. The molecule has 0 saturated heterocycles. The van der Waals surface area contributed by atoms with Gasteiger partial charge in [-0.1, -0.05) is 26.0 Å². The minimum absolute atomic E-state index is 0.103. The van der Waals surface area contributed by atoms with Gasteiger partial charge < -0.3 is 30.2 Å². The summed E-state index contributed by atoms with van der Waals surface area (Å²) < 4.78 is 10.5. The SMILES string of the molecule is COc1cccc(C(CC(=O)N[C@@H](CC(C)C)B(O)O)NC(=O)OC(C)(C)C)c1. The Morgan fingerprint density at radius 2 is 1.83 bits per heavy atom. The summed E-state index contributed by atoms with van der Waals surface area (Å²) in [5, 5.41) is 24.4. The van der Waals surface area contributed by atoms with Gasteiger partial charge in [0.05, 0.1) is 25.5 Å². The van der Waals surface area contributed by atoms with Crippen molar-refractivity contribution in [2.45, 2.75) is 65.0 Å². The van der Waals surface area contributed by atoms with Gasteiger partial charge in [0.15, 0.2) is 0 Å². The molecule has 162 valence electrons. The van der Waals surface area contributed by atoms with Crippen LogP contribution in [0.25, 0.3) is 0 Å². The molecule has 1 aromatic carbocycles. The molecule has 0 bridgehead atoms. The van der Waals surface area contributed by atoms with Gasteiger partial charge in [-0.3, -0.25) is 4.79 Å². The first-order valence-electron chi connectivity index (χ1n) is 9.70. The third-order valence-electron chi connectivity index (χ3n) is 4.01. The molecule has 0 radical (unpaired) electrons. The van der Waals surface area contributed by atoms with Crippen molar-refractivity contribution >= 4 is 19.1 Å². The fraction of sp³-hybridized carbons (Fsp3) is 0.600. The van der Waals surface area contributed by atoms with Gasteiger partial charge in [0.1, 0.15) is 11.4 Å². The van der Waals surface area contributed by atoms with E-state index in [0.29, 0.717) is 17.7 Å². The molecular weight excluding hydrogens is 375 g/mol. The first kappa shape index (κ1) is 24.8. The van der Waals surface area contributed by atoms with Gasteiger partial charge in [0.2, 0.25) is 5.91 Å². The molecule has 0 fully saturated rings. The van der Waals surface area contributed by atoms with Crippen LogP contribution in [0.1, 0.15) is 59.1 Å². The van der Waals surface area contributed by atoms with Crippen LogP contribution in [0, 0.1) is 5.92 Å². The maximum Gasteiger partial charge on any atom is 0.475 e. The van der Waals surface area contributed by atoms with Crippen LogP contribution in [0.15, 0.2) is 24.3 Å². The number of amides is 2. The smallest absolute Gasteiger partial charge is 0.475 e. The number of alkyl carbamates (subject to hydrolysis) is 1. The highest BCUT2D eigenvalue weighted by Crippen LogP contribution is 2.23. The second-order valence-corrected chi connectivity index (χ2v) is 8.40. The molecule has 0 aliphatic rings. The quantitative estimate of drug-likeness (QED) is 0.466. The van der Waals surface area contributed by atoms with Crippen LogP contribution >= 0.6 is 0 Å². The topological polar surface area (TPSA) is 117 Å². The Balaban J connectivity index is 2.98. The third-order valence-corrected chi connectivity index (χ3v) is 4.01. The molecule has 2 atom stereocenters. The number of benzene rings is 1. The summed E-state index contributed by atoms with van der Waals surface area (Å²) >= 11 is 0. The van der Waals surface area contributed by atoms with Gasteiger partial charge >= 0.3 is 13.2 Å². The Morgan fingerprint density at radius 3 is 2.34 bits per heavy atom. The van der Waals surface area contributed by atoms with Crippen LogP contribution in [0.2, 0.25) is 0 Å². The molecule has 0 aromatic heterocycles. The number of hydrogen-bond acceptors (Lipinski definition) is 6. The van der Waals surface area contributed by atoms with E-state index in [0.717, 1.165) is 0 Å². The summed E-state index contributed by atoms with van der Waals surface area (Å²) in [6.07, 6.45) is -0.348. The Bertz CT molecular complexity index is 675. The van der Waals surface area contributed by atoms with E-state index in [4.69, 9.17) is 9.47 Å². The molecule has 29 heavy (non-hydrogen) atoms. The zero-order chi connectivity index (χ0) is 22.2. The summed E-state index contributed by atoms with van der Waals surface area (Å²) in [5.74, 6) is -0.471. The minimum Gasteiger partial charge on any atom is -0.497 e. The van der Waals surface area contributed by atoms with Gasteiger partial charge in [-0.15, -0.1) is 0 Å². The Hall–Kier alpha value is -2.26. The molecule has 4 N–H and O–H groups in total. The van der Waals surface area contributed by atoms with Crippen molar-refractivity contribution in [2.75, 3.05) is 7.11 Å². The summed E-state index contributed by atoms with van der Waals surface area (Å²) in [7, 11) is -0.142. The summed E-state index contributed by atoms with van der Waals surface area (Å²) in [4.78, 5) is 24.9. The van der Waals surface area contributed by atoms with E-state index in [1.807, 2.05) is 13.8 Å². The molecule has 1 unspecified atom stereocenters. The summed E-state index contributed by atoms with van der Waals surface area (Å²) in [6, 6.07) is 6.33. The van der Waals surface area contributed by atoms with Crippen molar-refractivity contribution in [2.24, 2.45) is 5.92 Å². The van der Waals surface area contributed by atoms with Gasteiger partial charge in [-0.2, -0.15) is 0 Å². The predicted molar refractivity (Wildman–Crippen MR) is 111 cm³/mol. The number of carbonyl (C=O) groups excluding carboxylic acids is 2. The second-order valence-electron chi connectivity index (χ2n) is 8.40. The van der Waals surface area contributed by atoms with Crippen molar-refractivity contribution in [1.82, 2.24) is 10.6 Å². The predicted octanol–water partition coefficient (Wildman–Crippen LogP) is 2.19. The van der Waals surface area contributed by atoms with Crippen molar-refractivity contribution in [3.63, 3.8) is 0 Å². The normalized spacial score (nSPS) is 13.4. The first-order chi connectivity index (χ1) is 13.4. The molecule has 1 aromatic rings. The zero-order valence-electron chi connectivity index (χ0n) is 18.1. The fourth-order valence-corrected chi connectivity index (χ4v) is 2.77. The minimum atomic E-state index is -1.67. The fourth-order valence-electron chi connectivity index (χ4n) is 2.77. The Labute approximate surface area is 173 Å². The highest BCUT2D eigenvalue weighted by atomic mass is 16.6. The van der Waals surface area contributed by atoms with Gasteiger partial charge in [0, 0.05) is 0 Å². The molecule has 1 rings (SSSR count). The van der Waals surface area contributed by atoms with E-state index in [-0.39, 0.29) is 12.3 Å². The second kappa shape index (κ2) is 11.1. The number of nitrogens with one attached hydrogen (secondary N) is 2. The van der Waals surface area contributed by atoms with E-state index >= 15 is 0 Å². The largest absolute Gasteiger partial charge is 0.497 e. The Kier molecular flexibility index (Phi) is 9.46. The molecule has 0 aliphatic heterocycles. The molecular formula is C20H33BN2O6. The standard InChI is InChI=1S/C20H33BN2O6/c1-13(2)10-17(21(26)27)23-18(24)12-16(22-19(25)29-20(3,4)5)14-8-7-9-15(11-14)28-6/h7-9,11,13,16-17,26-27H,10,12H2,1-6H3,(H,22,25)(H,23,24)/t16?,17-/m0/s1. The molecule has 0 saturated carbocycles. The van der Waals surface area contributed by atoms with E-state index in [1.165, 1.54) is 7.11 Å². The summed E-state index contributed by atoms with van der Waals surface area (Å²) in [6.45, 7) is 9.09. The highest BCUT2D eigenvalue weighted by molar-refractivity contribution is 6.43. The molecule has 0 aliphatic carbocycles. The van der Waals surface area contributed by atoms with Gasteiger partial charge in [0.25, 0.3) is 0 Å². The zero-order valence-corrected chi connectivity index (χ0v) is 18.1. The van der Waals surface area contributed by atoms with Crippen LogP contribution in [0.4, 0.5) is 4.79 Å². The monoisotopic (exact) mass is 408 g/mol. The van der Waals surface area contributed by atoms with E-state index < -0.39 is 36.7 Å². The maximum absolute atomic E-state index is 12.6. The lowest BCUT2D eigenvalue weighted by atomic mass is 9.75. The third kappa shape index (κ3) is 9.67. The highest BCUT2D eigenvalue weighted by Gasteiger charge is 2.28. The van der Waals surface area contributed by atoms with E-state index in [2.05, 4.69) is 10.6 Å². The number of methoxy groups -OCH3 is 1. The van der Waals surface area contributed by atoms with Crippen LogP contribution < -0.4 is 15.4 Å². The average molecular weight is 408 g/mol. The Morgan fingerprint density at radius 1 is 1.17 bits per heavy atom. The molecule has 9 heteroatoms. The lowest BCUT2D eigenvalue weighted by Gasteiger charge is -2.25. The lowest BCUT2D eigenvalue weighted by Crippen LogP contribution is -2.48. The van der Waals surface area contributed by atoms with Gasteiger partial charge in [-0.25, -0.2) is 4.79 Å². The molecule has 0 spiro atoms. The summed E-state index contributed by atoms with van der Waals surface area (Å²) in [5.41, 5.74) is -0.0236. The van der Waals surface area contributed by atoms with Crippen molar-refractivity contribution < 1.29 is 29.1 Å². The number of rotatable bonds is 9. The van der Waals surface area contributed by atoms with E-state index in [1.54, 1.807) is 45.0 Å². The van der Waals surface area contributed by atoms with Crippen molar-refractivity contribution in [3.05, 3.63) is 29.8 Å². The van der Waals surface area contributed by atoms with Crippen molar-refractivity contribution in [3.8, 4) is 5.75 Å². The lowest BCUT2D eigenvalue weighted by molar-refractivity contribution is -0.122. The first-order valence-corrected chi connectivity index (χ1v) is 9.70. The molecule has 2 amide bonds. The average Bonchev–Trinajstić information content (AvgIpc) is 2.58. The van der Waals surface area contributed by atoms with Crippen LogP contribution in [-0.2, 0) is 9.53 Å². The van der Waals surface area contributed by atoms with E-state index in [9.17, 15) is 19.6 Å². The van der Waals surface area contributed by atoms with Crippen molar-refractivity contribution in [1.29, 1.82) is 0 Å². The molecule has 0 heterocycles. The van der Waals surface area contributed by atoms with Crippen LogP contribution in [0.3, 0.4) is 0 Å².